The molecule has 0 aliphatic heterocycles. The van der Waals surface area contributed by atoms with Crippen molar-refractivity contribution in [1.29, 1.82) is 0 Å². The summed E-state index contributed by atoms with van der Waals surface area (Å²) in [6, 6.07) is 5.00. The minimum Gasteiger partial charge on any atom is -0.258 e. The van der Waals surface area contributed by atoms with E-state index >= 15 is 0 Å². The van der Waals surface area contributed by atoms with Crippen molar-refractivity contribution in [2.75, 3.05) is 0 Å². The number of alkyl halides is 1. The van der Waals surface area contributed by atoms with E-state index in [2.05, 4.69) is 31.9 Å². The van der Waals surface area contributed by atoms with Crippen molar-refractivity contribution >= 4 is 37.5 Å². The quantitative estimate of drug-likeness (QED) is 0.484. The van der Waals surface area contributed by atoms with Gasteiger partial charge in [-0.1, -0.05) is 38.8 Å². The van der Waals surface area contributed by atoms with Gasteiger partial charge < -0.3 is 0 Å². The third-order valence-corrected chi connectivity index (χ3v) is 2.45. The van der Waals surface area contributed by atoms with Crippen molar-refractivity contribution in [1.82, 2.24) is 0 Å². The number of nitro groups is 1. The number of hydrogen-bond donors (Lipinski definition) is 0. The van der Waals surface area contributed by atoms with Crippen molar-refractivity contribution in [3.63, 3.8) is 0 Å². The fourth-order valence-electron chi connectivity index (χ4n) is 1.18. The van der Waals surface area contributed by atoms with Gasteiger partial charge in [0, 0.05) is 21.4 Å². The smallest absolute Gasteiger partial charge is 0.258 e. The van der Waals surface area contributed by atoms with Crippen LogP contribution in [0.25, 0.3) is 0 Å². The molecule has 0 radical (unpaired) electrons. The standard InChI is InChI=1S/C9H9Br2NO2/c1-6(10)2-7-3-8(11)5-9(4-7)12(13)14/h3-6H,2H2,1H3. The van der Waals surface area contributed by atoms with Crippen molar-refractivity contribution in [2.45, 2.75) is 18.2 Å². The van der Waals surface area contributed by atoms with Gasteiger partial charge in [-0.05, 0) is 18.1 Å². The third kappa shape index (κ3) is 3.38. The van der Waals surface area contributed by atoms with Crippen LogP contribution in [0.1, 0.15) is 12.5 Å². The van der Waals surface area contributed by atoms with Crippen LogP contribution in [-0.4, -0.2) is 9.75 Å². The second-order valence-electron chi connectivity index (χ2n) is 3.06. The summed E-state index contributed by atoms with van der Waals surface area (Å²) in [4.78, 5) is 10.5. The van der Waals surface area contributed by atoms with E-state index in [0.717, 1.165) is 16.5 Å². The number of non-ortho nitro benzene ring substituents is 1. The molecule has 1 aromatic rings. The van der Waals surface area contributed by atoms with E-state index in [-0.39, 0.29) is 10.6 Å². The van der Waals surface area contributed by atoms with Crippen molar-refractivity contribution in [2.24, 2.45) is 0 Å². The number of rotatable bonds is 3. The average molecular weight is 323 g/mol. The van der Waals surface area contributed by atoms with Gasteiger partial charge in [-0.25, -0.2) is 0 Å². The van der Waals surface area contributed by atoms with Crippen molar-refractivity contribution < 1.29 is 4.92 Å². The highest BCUT2D eigenvalue weighted by molar-refractivity contribution is 9.10. The molecule has 1 atom stereocenters. The van der Waals surface area contributed by atoms with E-state index in [4.69, 9.17) is 0 Å². The zero-order valence-corrected chi connectivity index (χ0v) is 10.7. The van der Waals surface area contributed by atoms with Crippen LogP contribution in [-0.2, 0) is 6.42 Å². The molecule has 0 aliphatic rings. The first-order chi connectivity index (χ1) is 6.49. The van der Waals surface area contributed by atoms with Crippen LogP contribution in [0.15, 0.2) is 22.7 Å². The predicted molar refractivity (Wildman–Crippen MR) is 62.9 cm³/mol. The second-order valence-corrected chi connectivity index (χ2v) is 5.54. The molecule has 0 saturated heterocycles. The lowest BCUT2D eigenvalue weighted by Crippen LogP contribution is -1.98. The fourth-order valence-corrected chi connectivity index (χ4v) is 2.08. The number of hydrogen-bond acceptors (Lipinski definition) is 2. The Hall–Kier alpha value is -0.420. The highest BCUT2D eigenvalue weighted by Crippen LogP contribution is 2.23. The van der Waals surface area contributed by atoms with E-state index in [1.165, 1.54) is 6.07 Å². The van der Waals surface area contributed by atoms with E-state index in [1.54, 1.807) is 6.07 Å². The maximum Gasteiger partial charge on any atom is 0.270 e. The molecular weight excluding hydrogens is 314 g/mol. The zero-order chi connectivity index (χ0) is 10.7. The van der Waals surface area contributed by atoms with E-state index in [9.17, 15) is 10.1 Å². The lowest BCUT2D eigenvalue weighted by atomic mass is 10.1. The van der Waals surface area contributed by atoms with Gasteiger partial charge in [-0.3, -0.25) is 10.1 Å². The summed E-state index contributed by atoms with van der Waals surface area (Å²) in [6.45, 7) is 2.01. The molecule has 14 heavy (non-hydrogen) atoms. The van der Waals surface area contributed by atoms with Crippen LogP contribution in [0.2, 0.25) is 0 Å². The van der Waals surface area contributed by atoms with Crippen LogP contribution in [0.5, 0.6) is 0 Å². The topological polar surface area (TPSA) is 43.1 Å². The Morgan fingerprint density at radius 2 is 2.14 bits per heavy atom. The SMILES string of the molecule is CC(Br)Cc1cc(Br)cc([N+](=O)[O-])c1. The molecule has 0 aliphatic carbocycles. The minimum atomic E-state index is -0.382. The Balaban J connectivity index is 3.01. The molecule has 0 heterocycles. The van der Waals surface area contributed by atoms with Crippen LogP contribution in [0.3, 0.4) is 0 Å². The summed E-state index contributed by atoms with van der Waals surface area (Å²) in [5.74, 6) is 0. The Kier molecular flexibility index (Phi) is 4.07. The van der Waals surface area contributed by atoms with Crippen LogP contribution in [0, 0.1) is 10.1 Å². The largest absolute Gasteiger partial charge is 0.270 e. The van der Waals surface area contributed by atoms with Crippen molar-refractivity contribution in [3.05, 3.63) is 38.3 Å². The molecule has 0 saturated carbocycles. The monoisotopic (exact) mass is 321 g/mol. The maximum atomic E-state index is 10.6. The molecule has 3 nitrogen and oxygen atoms in total. The number of halogens is 2. The van der Waals surface area contributed by atoms with Crippen LogP contribution >= 0.6 is 31.9 Å². The molecule has 0 aromatic heterocycles. The molecule has 0 bridgehead atoms. The summed E-state index contributed by atoms with van der Waals surface area (Å²) in [7, 11) is 0. The normalized spacial score (nSPS) is 12.5. The van der Waals surface area contributed by atoms with Gasteiger partial charge in [0.25, 0.3) is 5.69 Å². The van der Waals surface area contributed by atoms with E-state index < -0.39 is 0 Å². The summed E-state index contributed by atoms with van der Waals surface area (Å²) in [5, 5.41) is 10.6. The van der Waals surface area contributed by atoms with Crippen LogP contribution in [0.4, 0.5) is 5.69 Å². The summed E-state index contributed by atoms with van der Waals surface area (Å²) < 4.78 is 0.745. The summed E-state index contributed by atoms with van der Waals surface area (Å²) >= 11 is 6.66. The Morgan fingerprint density at radius 1 is 1.50 bits per heavy atom. The molecule has 0 spiro atoms. The number of nitro benzene ring substituents is 1. The third-order valence-electron chi connectivity index (χ3n) is 1.67. The molecule has 0 amide bonds. The van der Waals surface area contributed by atoms with Gasteiger partial charge in [0.15, 0.2) is 0 Å². The first kappa shape index (κ1) is 11.7. The van der Waals surface area contributed by atoms with Gasteiger partial charge in [0.05, 0.1) is 4.92 Å². The minimum absolute atomic E-state index is 0.127. The van der Waals surface area contributed by atoms with Crippen LogP contribution < -0.4 is 0 Å². The number of benzene rings is 1. The molecule has 76 valence electrons. The maximum absolute atomic E-state index is 10.6. The van der Waals surface area contributed by atoms with E-state index in [1.807, 2.05) is 13.0 Å². The highest BCUT2D eigenvalue weighted by atomic mass is 79.9. The number of nitrogens with zero attached hydrogens (tertiary/aromatic N) is 1. The molecule has 1 aromatic carbocycles. The summed E-state index contributed by atoms with van der Waals surface area (Å²) in [6.07, 6.45) is 0.778. The Labute approximate surface area is 98.9 Å². The van der Waals surface area contributed by atoms with Gasteiger partial charge in [0.1, 0.15) is 0 Å². The Bertz CT molecular complexity index is 353. The molecule has 0 N–H and O–H groups in total. The van der Waals surface area contributed by atoms with E-state index in [0.29, 0.717) is 4.83 Å². The fraction of sp³-hybridized carbons (Fsp3) is 0.333. The van der Waals surface area contributed by atoms with Crippen molar-refractivity contribution in [3.8, 4) is 0 Å². The molecule has 1 rings (SSSR count). The predicted octanol–water partition coefficient (Wildman–Crippen LogP) is 3.68. The molecule has 1 unspecified atom stereocenters. The molecular formula is C9H9Br2NO2. The second kappa shape index (κ2) is 4.89. The van der Waals surface area contributed by atoms with Gasteiger partial charge in [0.2, 0.25) is 0 Å². The lowest BCUT2D eigenvalue weighted by Gasteiger charge is -2.03. The molecule has 0 fully saturated rings. The van der Waals surface area contributed by atoms with Gasteiger partial charge in [-0.15, -0.1) is 0 Å². The Morgan fingerprint density at radius 3 is 2.64 bits per heavy atom. The summed E-state index contributed by atoms with van der Waals surface area (Å²) in [5.41, 5.74) is 1.08. The zero-order valence-electron chi connectivity index (χ0n) is 7.54. The first-order valence-electron chi connectivity index (χ1n) is 4.07. The average Bonchev–Trinajstić information content (AvgIpc) is 2.01. The lowest BCUT2D eigenvalue weighted by molar-refractivity contribution is -0.385. The van der Waals surface area contributed by atoms with Gasteiger partial charge >= 0.3 is 0 Å². The van der Waals surface area contributed by atoms with Gasteiger partial charge in [-0.2, -0.15) is 0 Å². The highest BCUT2D eigenvalue weighted by Gasteiger charge is 2.09. The first-order valence-corrected chi connectivity index (χ1v) is 5.78. The molecule has 5 heteroatoms.